The van der Waals surface area contributed by atoms with Gasteiger partial charge in [-0.2, -0.15) is 0 Å². The van der Waals surface area contributed by atoms with Crippen LogP contribution in [0.4, 0.5) is 11.4 Å². The summed E-state index contributed by atoms with van der Waals surface area (Å²) in [6, 6.07) is 16.7. The van der Waals surface area contributed by atoms with E-state index in [0.717, 1.165) is 24.3 Å². The van der Waals surface area contributed by atoms with Crippen LogP contribution in [0.1, 0.15) is 12.8 Å². The largest absolute Gasteiger partial charge is 0.484 e. The van der Waals surface area contributed by atoms with Crippen molar-refractivity contribution < 1.29 is 14.3 Å². The molecule has 0 aromatic heterocycles. The number of hydrogen-bond donors (Lipinski definition) is 0. The summed E-state index contributed by atoms with van der Waals surface area (Å²) in [6.07, 6.45) is 3.18. The normalized spacial score (nSPS) is 13.5. The minimum absolute atomic E-state index is 0.0648. The van der Waals surface area contributed by atoms with Crippen molar-refractivity contribution in [3.8, 4) is 5.75 Å². The molecule has 3 rings (SSSR count). The molecule has 5 heteroatoms. The molecule has 0 unspecified atom stereocenters. The molecule has 0 N–H and O–H groups in total. The molecule has 0 radical (unpaired) electrons. The molecule has 2 amide bonds. The highest BCUT2D eigenvalue weighted by molar-refractivity contribution is 5.95. The van der Waals surface area contributed by atoms with E-state index in [1.165, 1.54) is 0 Å². The van der Waals surface area contributed by atoms with Crippen molar-refractivity contribution in [1.29, 1.82) is 0 Å². The highest BCUT2D eigenvalue weighted by Crippen LogP contribution is 2.24. The maximum absolute atomic E-state index is 12.5. The van der Waals surface area contributed by atoms with Gasteiger partial charge >= 0.3 is 0 Å². The monoisotopic (exact) mass is 350 g/mol. The molecule has 0 aliphatic carbocycles. The van der Waals surface area contributed by atoms with Crippen LogP contribution in [-0.2, 0) is 9.59 Å². The van der Waals surface area contributed by atoms with Gasteiger partial charge in [0.1, 0.15) is 5.75 Å². The Balaban J connectivity index is 1.61. The molecule has 1 aliphatic heterocycles. The molecule has 1 aliphatic rings. The zero-order valence-electron chi connectivity index (χ0n) is 14.6. The molecule has 2 aromatic carbocycles. The zero-order valence-corrected chi connectivity index (χ0v) is 14.6. The molecule has 0 spiro atoms. The van der Waals surface area contributed by atoms with E-state index in [0.29, 0.717) is 18.7 Å². The van der Waals surface area contributed by atoms with Crippen molar-refractivity contribution in [2.24, 2.45) is 0 Å². The Hall–Kier alpha value is -3.08. The number of carbonyl (C=O) groups is 2. The van der Waals surface area contributed by atoms with Gasteiger partial charge in [-0.3, -0.25) is 9.59 Å². The highest BCUT2D eigenvalue weighted by atomic mass is 16.5. The molecule has 0 saturated carbocycles. The second-order valence-corrected chi connectivity index (χ2v) is 6.06. The molecular weight excluding hydrogens is 328 g/mol. The van der Waals surface area contributed by atoms with Gasteiger partial charge < -0.3 is 14.5 Å². The molecule has 1 fully saturated rings. The first-order chi connectivity index (χ1) is 12.7. The Morgan fingerprint density at radius 2 is 1.88 bits per heavy atom. The van der Waals surface area contributed by atoms with E-state index in [9.17, 15) is 9.59 Å². The summed E-state index contributed by atoms with van der Waals surface area (Å²) in [6.45, 7) is 4.82. The molecule has 1 heterocycles. The van der Waals surface area contributed by atoms with Gasteiger partial charge in [0.2, 0.25) is 5.91 Å². The van der Waals surface area contributed by atoms with Crippen LogP contribution in [0.15, 0.2) is 67.3 Å². The predicted octanol–water partition coefficient (Wildman–Crippen LogP) is 3.41. The number of para-hydroxylation sites is 1. The van der Waals surface area contributed by atoms with Crippen molar-refractivity contribution in [3.63, 3.8) is 0 Å². The van der Waals surface area contributed by atoms with E-state index in [2.05, 4.69) is 6.58 Å². The summed E-state index contributed by atoms with van der Waals surface area (Å²) in [7, 11) is 0. The van der Waals surface area contributed by atoms with Gasteiger partial charge in [-0.15, -0.1) is 6.58 Å². The van der Waals surface area contributed by atoms with E-state index in [4.69, 9.17) is 4.74 Å². The molecule has 26 heavy (non-hydrogen) atoms. The molecule has 0 atom stereocenters. The number of nitrogens with zero attached hydrogens (tertiary/aromatic N) is 2. The quantitative estimate of drug-likeness (QED) is 0.719. The number of anilines is 2. The maximum Gasteiger partial charge on any atom is 0.265 e. The van der Waals surface area contributed by atoms with E-state index < -0.39 is 0 Å². The fourth-order valence-corrected chi connectivity index (χ4v) is 2.95. The Morgan fingerprint density at radius 3 is 2.50 bits per heavy atom. The lowest BCUT2D eigenvalue weighted by Gasteiger charge is -2.21. The standard InChI is InChI=1S/C21H22N2O3/c1-2-14-22(17-7-4-3-5-8-17)21(25)16-26-19-12-10-18(11-13-19)23-15-6-9-20(23)24/h2-5,7-8,10-13H,1,6,9,14-16H2. The second kappa shape index (κ2) is 8.34. The summed E-state index contributed by atoms with van der Waals surface area (Å²) in [5.74, 6) is 0.604. The first-order valence-electron chi connectivity index (χ1n) is 8.68. The number of hydrogen-bond acceptors (Lipinski definition) is 3. The third-order valence-electron chi connectivity index (χ3n) is 4.26. The second-order valence-electron chi connectivity index (χ2n) is 6.06. The van der Waals surface area contributed by atoms with Crippen LogP contribution >= 0.6 is 0 Å². The average molecular weight is 350 g/mol. The van der Waals surface area contributed by atoms with Crippen LogP contribution in [0, 0.1) is 0 Å². The van der Waals surface area contributed by atoms with Gasteiger partial charge in [0.05, 0.1) is 0 Å². The summed E-state index contributed by atoms with van der Waals surface area (Å²) in [4.78, 5) is 27.7. The smallest absolute Gasteiger partial charge is 0.265 e. The Labute approximate surface area is 153 Å². The highest BCUT2D eigenvalue weighted by Gasteiger charge is 2.21. The molecule has 134 valence electrons. The predicted molar refractivity (Wildman–Crippen MR) is 103 cm³/mol. The van der Waals surface area contributed by atoms with Crippen LogP contribution in [0.2, 0.25) is 0 Å². The van der Waals surface area contributed by atoms with Crippen molar-refractivity contribution in [3.05, 3.63) is 67.3 Å². The summed E-state index contributed by atoms with van der Waals surface area (Å²) in [5, 5.41) is 0. The molecule has 2 aromatic rings. The first-order valence-corrected chi connectivity index (χ1v) is 8.68. The lowest BCUT2D eigenvalue weighted by atomic mass is 10.2. The van der Waals surface area contributed by atoms with Crippen molar-refractivity contribution in [1.82, 2.24) is 0 Å². The molecular formula is C21H22N2O3. The number of rotatable bonds is 7. The number of carbonyl (C=O) groups excluding carboxylic acids is 2. The van der Waals surface area contributed by atoms with Crippen LogP contribution < -0.4 is 14.5 Å². The Bertz CT molecular complexity index is 772. The third-order valence-corrected chi connectivity index (χ3v) is 4.26. The van der Waals surface area contributed by atoms with Gasteiger partial charge in [0.25, 0.3) is 5.91 Å². The van der Waals surface area contributed by atoms with Crippen LogP contribution in [-0.4, -0.2) is 31.5 Å². The van der Waals surface area contributed by atoms with Gasteiger partial charge in [0, 0.05) is 30.9 Å². The number of amides is 2. The SMILES string of the molecule is C=CCN(C(=O)COc1ccc(N2CCCC2=O)cc1)c1ccccc1. The first kappa shape index (κ1) is 17.7. The Kier molecular flexibility index (Phi) is 5.69. The minimum atomic E-state index is -0.144. The summed E-state index contributed by atoms with van der Waals surface area (Å²) in [5.41, 5.74) is 1.67. The molecule has 1 saturated heterocycles. The van der Waals surface area contributed by atoms with E-state index in [-0.39, 0.29) is 18.4 Å². The minimum Gasteiger partial charge on any atom is -0.484 e. The fraction of sp³-hybridized carbons (Fsp3) is 0.238. The van der Waals surface area contributed by atoms with Crippen LogP contribution in [0.3, 0.4) is 0 Å². The molecule has 5 nitrogen and oxygen atoms in total. The van der Waals surface area contributed by atoms with E-state index in [1.807, 2.05) is 42.5 Å². The topological polar surface area (TPSA) is 49.9 Å². The Morgan fingerprint density at radius 1 is 1.15 bits per heavy atom. The van der Waals surface area contributed by atoms with Crippen molar-refractivity contribution in [2.45, 2.75) is 12.8 Å². The van der Waals surface area contributed by atoms with Gasteiger partial charge in [0.15, 0.2) is 6.61 Å². The molecule has 0 bridgehead atoms. The van der Waals surface area contributed by atoms with Gasteiger partial charge in [-0.05, 0) is 42.8 Å². The third kappa shape index (κ3) is 4.11. The number of ether oxygens (including phenoxy) is 1. The van der Waals surface area contributed by atoms with Crippen molar-refractivity contribution >= 4 is 23.2 Å². The van der Waals surface area contributed by atoms with Gasteiger partial charge in [-0.25, -0.2) is 0 Å². The van der Waals surface area contributed by atoms with Crippen LogP contribution in [0.25, 0.3) is 0 Å². The maximum atomic E-state index is 12.5. The lowest BCUT2D eigenvalue weighted by molar-refractivity contribution is -0.120. The van der Waals surface area contributed by atoms with E-state index >= 15 is 0 Å². The average Bonchev–Trinajstić information content (AvgIpc) is 3.11. The van der Waals surface area contributed by atoms with E-state index in [1.54, 1.807) is 28.0 Å². The zero-order chi connectivity index (χ0) is 18.4. The van der Waals surface area contributed by atoms with Crippen LogP contribution in [0.5, 0.6) is 5.75 Å². The number of benzene rings is 2. The lowest BCUT2D eigenvalue weighted by Crippen LogP contribution is -2.35. The van der Waals surface area contributed by atoms with Gasteiger partial charge in [-0.1, -0.05) is 24.3 Å². The fourth-order valence-electron chi connectivity index (χ4n) is 2.95. The summed E-state index contributed by atoms with van der Waals surface area (Å²) < 4.78 is 5.63. The summed E-state index contributed by atoms with van der Waals surface area (Å²) >= 11 is 0. The van der Waals surface area contributed by atoms with Crippen molar-refractivity contribution in [2.75, 3.05) is 29.5 Å².